The molecule has 0 aromatic carbocycles. The Kier molecular flexibility index (Phi) is 3.84. The molecule has 0 atom stereocenters. The maximum atomic E-state index is 12.2. The third kappa shape index (κ3) is 2.68. The van der Waals surface area contributed by atoms with Crippen LogP contribution in [0.4, 0.5) is 13.2 Å². The molecule has 2 aromatic rings. The number of aromatic nitrogens is 3. The van der Waals surface area contributed by atoms with Crippen LogP contribution in [0, 0.1) is 0 Å². The monoisotopic (exact) mass is 399 g/mol. The van der Waals surface area contributed by atoms with E-state index in [4.69, 9.17) is 0 Å². The van der Waals surface area contributed by atoms with E-state index in [1.54, 1.807) is 18.2 Å². The first-order valence-electron chi connectivity index (χ1n) is 4.06. The van der Waals surface area contributed by atoms with Crippen LogP contribution in [0.25, 0.3) is 11.4 Å². The average Bonchev–Trinajstić information content (AvgIpc) is 2.67. The molecular weight excluding hydrogens is 393 g/mol. The van der Waals surface area contributed by atoms with E-state index in [0.29, 0.717) is 5.69 Å². The first-order valence-corrected chi connectivity index (χ1v) is 4.06. The second-order valence-electron chi connectivity index (χ2n) is 2.83. The number of hydrogen-bond acceptors (Lipinski definition) is 2. The molecule has 0 unspecified atom stereocenters. The first-order chi connectivity index (χ1) is 7.07. The standard InChI is InChI=1S/C9H5F3N3.Re/c10-9(11,12)8-5-7(14-15-8)6-3-1-2-4-13-6;/h1-5H;/q-1;. The molecule has 16 heavy (non-hydrogen) atoms. The minimum absolute atomic E-state index is 0. The summed E-state index contributed by atoms with van der Waals surface area (Å²) in [6.07, 6.45) is -2.97. The molecule has 0 N–H and O–H groups in total. The van der Waals surface area contributed by atoms with Crippen molar-refractivity contribution in [2.75, 3.05) is 0 Å². The Balaban J connectivity index is 0.00000128. The second kappa shape index (κ2) is 4.77. The van der Waals surface area contributed by atoms with Crippen LogP contribution in [0.1, 0.15) is 5.69 Å². The summed E-state index contributed by atoms with van der Waals surface area (Å²) in [4.78, 5) is 3.87. The van der Waals surface area contributed by atoms with Crippen LogP contribution in [0.15, 0.2) is 30.5 Å². The normalized spacial score (nSPS) is 10.9. The van der Waals surface area contributed by atoms with Gasteiger partial charge in [0.2, 0.25) is 0 Å². The third-order valence-electron chi connectivity index (χ3n) is 1.76. The van der Waals surface area contributed by atoms with Crippen LogP contribution in [0.3, 0.4) is 0 Å². The van der Waals surface area contributed by atoms with E-state index in [9.17, 15) is 13.2 Å². The Morgan fingerprint density at radius 2 is 1.94 bits per heavy atom. The topological polar surface area (TPSA) is 39.9 Å². The van der Waals surface area contributed by atoms with Crippen molar-refractivity contribution in [3.63, 3.8) is 0 Å². The number of rotatable bonds is 1. The number of hydrogen-bond donors (Lipinski definition) is 0. The predicted octanol–water partition coefficient (Wildman–Crippen LogP) is 2.12. The van der Waals surface area contributed by atoms with Crippen molar-refractivity contribution < 1.29 is 33.6 Å². The Morgan fingerprint density at radius 1 is 1.19 bits per heavy atom. The quantitative estimate of drug-likeness (QED) is 0.739. The fourth-order valence-corrected chi connectivity index (χ4v) is 1.07. The Morgan fingerprint density at radius 3 is 2.44 bits per heavy atom. The Hall–Kier alpha value is -1.19. The zero-order valence-corrected chi connectivity index (χ0v) is 10.5. The third-order valence-corrected chi connectivity index (χ3v) is 1.76. The molecule has 7 heteroatoms. The van der Waals surface area contributed by atoms with Gasteiger partial charge in [-0.1, -0.05) is 11.8 Å². The van der Waals surface area contributed by atoms with Crippen LogP contribution < -0.4 is 5.10 Å². The van der Waals surface area contributed by atoms with Gasteiger partial charge in [0.15, 0.2) is 0 Å². The number of pyridine rings is 1. The van der Waals surface area contributed by atoms with E-state index in [1.165, 1.54) is 6.20 Å². The number of halogens is 3. The molecule has 0 fully saturated rings. The zero-order valence-electron chi connectivity index (χ0n) is 7.74. The van der Waals surface area contributed by atoms with Crippen LogP contribution >= 0.6 is 0 Å². The van der Waals surface area contributed by atoms with Crippen molar-refractivity contribution in [2.24, 2.45) is 0 Å². The fourth-order valence-electron chi connectivity index (χ4n) is 1.07. The SMILES string of the molecule is FC(F)(F)c1cc(-c2ccccn2)[n-]n1.[Re]. The molecule has 0 saturated heterocycles. The van der Waals surface area contributed by atoms with Crippen molar-refractivity contribution in [2.45, 2.75) is 6.18 Å². The van der Waals surface area contributed by atoms with Gasteiger partial charge < -0.3 is 10.2 Å². The molecule has 0 spiro atoms. The molecule has 2 rings (SSSR count). The van der Waals surface area contributed by atoms with Gasteiger partial charge in [-0.25, -0.2) is 0 Å². The summed E-state index contributed by atoms with van der Waals surface area (Å²) in [6, 6.07) is 5.79. The summed E-state index contributed by atoms with van der Waals surface area (Å²) in [5.74, 6) is 0. The average molecular weight is 398 g/mol. The van der Waals surface area contributed by atoms with E-state index in [-0.39, 0.29) is 26.1 Å². The van der Waals surface area contributed by atoms with E-state index < -0.39 is 11.9 Å². The molecule has 0 aliphatic rings. The molecule has 2 aromatic heterocycles. The summed E-state index contributed by atoms with van der Waals surface area (Å²) in [7, 11) is 0. The van der Waals surface area contributed by atoms with Crippen LogP contribution in [-0.2, 0) is 26.6 Å². The second-order valence-corrected chi connectivity index (χ2v) is 2.83. The molecular formula is C9H5F3N3Re-. The zero-order chi connectivity index (χ0) is 10.9. The van der Waals surface area contributed by atoms with Crippen LogP contribution in [0.2, 0.25) is 0 Å². The Bertz CT molecular complexity index is 453. The molecule has 0 aliphatic carbocycles. The van der Waals surface area contributed by atoms with E-state index in [1.807, 2.05) is 0 Å². The number of nitrogens with zero attached hydrogens (tertiary/aromatic N) is 3. The van der Waals surface area contributed by atoms with Gasteiger partial charge in [0.05, 0.1) is 0 Å². The summed E-state index contributed by atoms with van der Waals surface area (Å²) in [6.45, 7) is 0. The van der Waals surface area contributed by atoms with E-state index >= 15 is 0 Å². The van der Waals surface area contributed by atoms with Crippen molar-refractivity contribution in [1.29, 1.82) is 0 Å². The maximum absolute atomic E-state index is 12.2. The molecule has 3 nitrogen and oxygen atoms in total. The van der Waals surface area contributed by atoms with Crippen LogP contribution in [-0.4, -0.2) is 10.1 Å². The molecule has 0 saturated carbocycles. The van der Waals surface area contributed by atoms with Gasteiger partial charge in [0.1, 0.15) is 5.69 Å². The van der Waals surface area contributed by atoms with Crippen molar-refractivity contribution >= 4 is 0 Å². The molecule has 0 amide bonds. The van der Waals surface area contributed by atoms with Gasteiger partial charge in [-0.2, -0.15) is 13.2 Å². The molecule has 2 heterocycles. The fraction of sp³-hybridized carbons (Fsp3) is 0.111. The first kappa shape index (κ1) is 12.9. The van der Waals surface area contributed by atoms with Gasteiger partial charge in [0, 0.05) is 32.3 Å². The smallest absolute Gasteiger partial charge is 0.431 e. The summed E-state index contributed by atoms with van der Waals surface area (Å²) < 4.78 is 36.6. The molecule has 0 aliphatic heterocycles. The van der Waals surface area contributed by atoms with Crippen molar-refractivity contribution in [1.82, 2.24) is 15.2 Å². The summed E-state index contributed by atoms with van der Waals surface area (Å²) in [5, 5.41) is 6.47. The minimum atomic E-state index is -4.46. The van der Waals surface area contributed by atoms with Gasteiger partial charge in [-0.05, 0) is 18.2 Å². The molecule has 1 radical (unpaired) electrons. The Labute approximate surface area is 103 Å². The van der Waals surface area contributed by atoms with Crippen molar-refractivity contribution in [3.8, 4) is 11.4 Å². The van der Waals surface area contributed by atoms with Gasteiger partial charge >= 0.3 is 6.18 Å². The van der Waals surface area contributed by atoms with Gasteiger partial charge in [-0.3, -0.25) is 4.98 Å². The van der Waals surface area contributed by atoms with E-state index in [2.05, 4.69) is 15.2 Å². The largest absolute Gasteiger partial charge is 0.573 e. The predicted molar refractivity (Wildman–Crippen MR) is 45.8 cm³/mol. The van der Waals surface area contributed by atoms with E-state index in [0.717, 1.165) is 6.07 Å². The summed E-state index contributed by atoms with van der Waals surface area (Å²) >= 11 is 0. The minimum Gasteiger partial charge on any atom is -0.573 e. The van der Waals surface area contributed by atoms with Crippen molar-refractivity contribution in [3.05, 3.63) is 36.2 Å². The summed E-state index contributed by atoms with van der Waals surface area (Å²) in [5.41, 5.74) is -0.494. The number of alkyl halides is 3. The maximum Gasteiger partial charge on any atom is 0.431 e. The molecule has 85 valence electrons. The van der Waals surface area contributed by atoms with Crippen LogP contribution in [0.5, 0.6) is 0 Å². The van der Waals surface area contributed by atoms with Gasteiger partial charge in [-0.15, -0.1) is 0 Å². The molecule has 0 bridgehead atoms. The van der Waals surface area contributed by atoms with Gasteiger partial charge in [0.25, 0.3) is 0 Å².